The van der Waals surface area contributed by atoms with E-state index in [2.05, 4.69) is 45.3 Å². The molecule has 112 valence electrons. The van der Waals surface area contributed by atoms with Crippen molar-refractivity contribution in [1.29, 1.82) is 0 Å². The number of carboxylic acid groups (broad SMARTS) is 1. The lowest BCUT2D eigenvalue weighted by Crippen LogP contribution is -2.38. The predicted octanol–water partition coefficient (Wildman–Crippen LogP) is 4.52. The Balaban J connectivity index is 2.04. The lowest BCUT2D eigenvalue weighted by molar-refractivity contribution is -0.142. The molecule has 1 N–H and O–H groups in total. The van der Waals surface area contributed by atoms with E-state index in [1.807, 2.05) is 6.07 Å². The van der Waals surface area contributed by atoms with Gasteiger partial charge in [-0.2, -0.15) is 0 Å². The molecule has 0 saturated carbocycles. The van der Waals surface area contributed by atoms with E-state index in [0.29, 0.717) is 0 Å². The summed E-state index contributed by atoms with van der Waals surface area (Å²) in [5.41, 5.74) is 1.24. The minimum absolute atomic E-state index is 0.0601. The molecule has 0 aromatic carbocycles. The van der Waals surface area contributed by atoms with Crippen LogP contribution in [-0.2, 0) is 4.79 Å². The Morgan fingerprint density at radius 2 is 2.29 bits per heavy atom. The van der Waals surface area contributed by atoms with Crippen molar-refractivity contribution in [2.24, 2.45) is 0 Å². The Hall–Kier alpha value is -0.690. The van der Waals surface area contributed by atoms with Crippen molar-refractivity contribution < 1.29 is 9.90 Å². The number of halogens is 1. The van der Waals surface area contributed by atoms with Crippen LogP contribution in [-0.4, -0.2) is 28.6 Å². The average molecular weight is 386 g/mol. The van der Waals surface area contributed by atoms with Gasteiger partial charge in [0.1, 0.15) is 6.04 Å². The standard InChI is InChI=1S/C15H16BrNO2S2/c1-9-6-8-20-14(9)13(11-4-5-12(16)21-11)17-7-2-3-10(17)15(18)19/h4-6,8,10,13H,2-3,7H2,1H3,(H,18,19). The second-order valence-corrected chi connectivity index (χ2v) is 8.69. The summed E-state index contributed by atoms with van der Waals surface area (Å²) in [5.74, 6) is -0.706. The molecule has 2 aromatic heterocycles. The maximum Gasteiger partial charge on any atom is 0.320 e. The quantitative estimate of drug-likeness (QED) is 0.840. The minimum atomic E-state index is -0.706. The highest BCUT2D eigenvalue weighted by molar-refractivity contribution is 9.11. The third-order valence-electron chi connectivity index (χ3n) is 3.92. The fraction of sp³-hybridized carbons (Fsp3) is 0.400. The van der Waals surface area contributed by atoms with Gasteiger partial charge in [-0.3, -0.25) is 9.69 Å². The lowest BCUT2D eigenvalue weighted by Gasteiger charge is -2.30. The van der Waals surface area contributed by atoms with Gasteiger partial charge in [0.05, 0.1) is 9.83 Å². The van der Waals surface area contributed by atoms with E-state index in [-0.39, 0.29) is 12.1 Å². The van der Waals surface area contributed by atoms with Crippen molar-refractivity contribution in [3.63, 3.8) is 0 Å². The molecular formula is C15H16BrNO2S2. The molecule has 0 radical (unpaired) electrons. The van der Waals surface area contributed by atoms with Crippen molar-refractivity contribution in [2.75, 3.05) is 6.54 Å². The second-order valence-electron chi connectivity index (χ2n) is 5.25. The number of hydrogen-bond donors (Lipinski definition) is 1. The largest absolute Gasteiger partial charge is 0.480 e. The SMILES string of the molecule is Cc1ccsc1C(c1ccc(Br)s1)N1CCCC1C(=O)O. The molecule has 1 fully saturated rings. The van der Waals surface area contributed by atoms with E-state index in [1.54, 1.807) is 22.7 Å². The summed E-state index contributed by atoms with van der Waals surface area (Å²) in [6.45, 7) is 2.95. The predicted molar refractivity (Wildman–Crippen MR) is 90.3 cm³/mol. The monoisotopic (exact) mass is 385 g/mol. The Kier molecular flexibility index (Phi) is 4.49. The number of likely N-dealkylation sites (tertiary alicyclic amines) is 1. The molecule has 2 aromatic rings. The highest BCUT2D eigenvalue weighted by Gasteiger charge is 2.38. The van der Waals surface area contributed by atoms with Crippen LogP contribution < -0.4 is 0 Å². The number of rotatable bonds is 4. The van der Waals surface area contributed by atoms with Crippen LogP contribution in [0.3, 0.4) is 0 Å². The first-order valence-electron chi connectivity index (χ1n) is 6.85. The zero-order chi connectivity index (χ0) is 15.0. The number of aliphatic carboxylic acids is 1. The molecule has 0 aliphatic carbocycles. The van der Waals surface area contributed by atoms with Crippen LogP contribution >= 0.6 is 38.6 Å². The molecule has 0 amide bonds. The van der Waals surface area contributed by atoms with Crippen LogP contribution in [0, 0.1) is 6.92 Å². The van der Waals surface area contributed by atoms with Crippen molar-refractivity contribution in [3.8, 4) is 0 Å². The van der Waals surface area contributed by atoms with E-state index < -0.39 is 5.97 Å². The third kappa shape index (κ3) is 2.95. The molecule has 1 saturated heterocycles. The van der Waals surface area contributed by atoms with E-state index in [0.717, 1.165) is 23.2 Å². The van der Waals surface area contributed by atoms with Crippen molar-refractivity contribution in [3.05, 3.63) is 42.7 Å². The van der Waals surface area contributed by atoms with Gasteiger partial charge < -0.3 is 5.11 Å². The molecule has 3 rings (SSSR count). The number of thiophene rings is 2. The van der Waals surface area contributed by atoms with Crippen molar-refractivity contribution in [1.82, 2.24) is 4.90 Å². The number of aryl methyl sites for hydroxylation is 1. The number of nitrogens with zero attached hydrogens (tertiary/aromatic N) is 1. The van der Waals surface area contributed by atoms with Crippen molar-refractivity contribution >= 4 is 44.6 Å². The molecule has 1 aliphatic heterocycles. The van der Waals surface area contributed by atoms with Crippen LogP contribution in [0.25, 0.3) is 0 Å². The smallest absolute Gasteiger partial charge is 0.320 e. The molecule has 3 nitrogen and oxygen atoms in total. The zero-order valence-electron chi connectivity index (χ0n) is 11.6. The first-order chi connectivity index (χ1) is 10.1. The topological polar surface area (TPSA) is 40.5 Å². The van der Waals surface area contributed by atoms with Gasteiger partial charge in [0, 0.05) is 16.3 Å². The van der Waals surface area contributed by atoms with E-state index in [1.165, 1.54) is 15.3 Å². The maximum absolute atomic E-state index is 11.6. The molecule has 1 aliphatic rings. The van der Waals surface area contributed by atoms with Gasteiger partial charge in [-0.25, -0.2) is 0 Å². The molecule has 6 heteroatoms. The normalized spacial score (nSPS) is 20.8. The summed E-state index contributed by atoms with van der Waals surface area (Å²) in [4.78, 5) is 16.2. The summed E-state index contributed by atoms with van der Waals surface area (Å²) in [6.07, 6.45) is 1.69. The van der Waals surface area contributed by atoms with Crippen LogP contribution in [0.2, 0.25) is 0 Å². The Labute approximate surface area is 140 Å². The Morgan fingerprint density at radius 3 is 2.86 bits per heavy atom. The zero-order valence-corrected chi connectivity index (χ0v) is 14.8. The summed E-state index contributed by atoms with van der Waals surface area (Å²) < 4.78 is 1.09. The second kappa shape index (κ2) is 6.20. The molecule has 0 spiro atoms. The van der Waals surface area contributed by atoms with Crippen molar-refractivity contribution in [2.45, 2.75) is 31.8 Å². The van der Waals surface area contributed by atoms with Crippen LogP contribution in [0.5, 0.6) is 0 Å². The molecular weight excluding hydrogens is 370 g/mol. The fourth-order valence-corrected chi connectivity index (χ4v) is 5.64. The van der Waals surface area contributed by atoms with E-state index in [4.69, 9.17) is 0 Å². The van der Waals surface area contributed by atoms with Gasteiger partial charge in [-0.05, 0) is 64.8 Å². The van der Waals surface area contributed by atoms with Gasteiger partial charge >= 0.3 is 5.97 Å². The minimum Gasteiger partial charge on any atom is -0.480 e. The van der Waals surface area contributed by atoms with E-state index in [9.17, 15) is 9.90 Å². The van der Waals surface area contributed by atoms with Gasteiger partial charge in [0.25, 0.3) is 0 Å². The molecule has 2 unspecified atom stereocenters. The molecule has 0 bridgehead atoms. The third-order valence-corrected chi connectivity index (χ3v) is 6.67. The summed E-state index contributed by atoms with van der Waals surface area (Å²) >= 11 is 6.93. The van der Waals surface area contributed by atoms with Crippen LogP contribution in [0.15, 0.2) is 27.4 Å². The average Bonchev–Trinajstić information content (AvgIpc) is 3.13. The number of carboxylic acids is 1. The Bertz CT molecular complexity index is 652. The van der Waals surface area contributed by atoms with Gasteiger partial charge in [-0.15, -0.1) is 22.7 Å². The fourth-order valence-electron chi connectivity index (χ4n) is 2.95. The molecule has 2 atom stereocenters. The first kappa shape index (κ1) is 15.2. The van der Waals surface area contributed by atoms with Crippen LogP contribution in [0.1, 0.15) is 34.2 Å². The van der Waals surface area contributed by atoms with Crippen LogP contribution in [0.4, 0.5) is 0 Å². The summed E-state index contributed by atoms with van der Waals surface area (Å²) in [7, 11) is 0. The maximum atomic E-state index is 11.6. The lowest BCUT2D eigenvalue weighted by atomic mass is 10.1. The highest BCUT2D eigenvalue weighted by Crippen LogP contribution is 2.42. The first-order valence-corrected chi connectivity index (χ1v) is 9.34. The summed E-state index contributed by atoms with van der Waals surface area (Å²) in [6, 6.07) is 5.95. The van der Waals surface area contributed by atoms with Gasteiger partial charge in [0.15, 0.2) is 0 Å². The van der Waals surface area contributed by atoms with E-state index >= 15 is 0 Å². The molecule has 21 heavy (non-hydrogen) atoms. The number of carbonyl (C=O) groups is 1. The van der Waals surface area contributed by atoms with Gasteiger partial charge in [0.2, 0.25) is 0 Å². The highest BCUT2D eigenvalue weighted by atomic mass is 79.9. The molecule has 3 heterocycles. The number of hydrogen-bond acceptors (Lipinski definition) is 4. The van der Waals surface area contributed by atoms with Gasteiger partial charge in [-0.1, -0.05) is 0 Å². The Morgan fingerprint density at radius 1 is 1.48 bits per heavy atom. The summed E-state index contributed by atoms with van der Waals surface area (Å²) in [5, 5.41) is 11.6.